The van der Waals surface area contributed by atoms with E-state index in [1.807, 2.05) is 6.08 Å². The van der Waals surface area contributed by atoms with Gasteiger partial charge in [0.25, 0.3) is 0 Å². The van der Waals surface area contributed by atoms with E-state index < -0.39 is 12.4 Å². The Kier molecular flexibility index (Phi) is 11.4. The van der Waals surface area contributed by atoms with E-state index in [9.17, 15) is 10.2 Å². The Morgan fingerprint density at radius 1 is 0.920 bits per heavy atom. The molecule has 3 aliphatic rings. The van der Waals surface area contributed by atoms with Crippen LogP contribution in [0.25, 0.3) is 39.3 Å². The number of hydrogen-bond donors (Lipinski definition) is 4. The Morgan fingerprint density at radius 3 is 2.42 bits per heavy atom. The third-order valence-corrected chi connectivity index (χ3v) is 10.8. The minimum Gasteiger partial charge on any atom is -0.394 e. The molecule has 8 bridgehead atoms. The summed E-state index contributed by atoms with van der Waals surface area (Å²) in [4.78, 5) is 17.9. The highest BCUT2D eigenvalue weighted by Crippen LogP contribution is 2.42. The summed E-state index contributed by atoms with van der Waals surface area (Å²) in [6.45, 7) is 18.9. The lowest BCUT2D eigenvalue weighted by Gasteiger charge is -2.32. The van der Waals surface area contributed by atoms with Crippen molar-refractivity contribution in [2.24, 2.45) is 0 Å². The van der Waals surface area contributed by atoms with Crippen LogP contribution >= 0.6 is 0 Å². The smallest absolute Gasteiger partial charge is 0.160 e. The van der Waals surface area contributed by atoms with Crippen LogP contribution < -0.4 is 0 Å². The van der Waals surface area contributed by atoms with Gasteiger partial charge < -0.3 is 34.4 Å². The van der Waals surface area contributed by atoms with Crippen molar-refractivity contribution in [1.82, 2.24) is 19.9 Å². The molecule has 0 aliphatic carbocycles. The van der Waals surface area contributed by atoms with Crippen LogP contribution in [0.4, 0.5) is 0 Å². The first-order chi connectivity index (χ1) is 24.1. The summed E-state index contributed by atoms with van der Waals surface area (Å²) in [5.74, 6) is 0.484. The van der Waals surface area contributed by atoms with Crippen LogP contribution in [0.15, 0.2) is 30.8 Å². The number of nitrogens with one attached hydrogen (secondary N) is 2. The predicted molar refractivity (Wildman–Crippen MR) is 201 cm³/mol. The molecule has 268 valence electrons. The highest BCUT2D eigenvalue weighted by Gasteiger charge is 2.31. The number of rotatable bonds is 12. The normalized spacial score (nSPS) is 22.4. The Morgan fingerprint density at radius 2 is 1.66 bits per heavy atom. The lowest BCUT2D eigenvalue weighted by molar-refractivity contribution is -0.222. The molecule has 0 unspecified atom stereocenters. The number of aliphatic hydroxyl groups is 2. The fourth-order valence-corrected chi connectivity index (χ4v) is 7.73. The van der Waals surface area contributed by atoms with Crippen molar-refractivity contribution in [3.8, 4) is 0 Å². The van der Waals surface area contributed by atoms with Gasteiger partial charge in [-0.05, 0) is 105 Å². The molecule has 1 fully saturated rings. The number of fused-ring (bicyclic) bond motifs is 8. The second kappa shape index (κ2) is 15.7. The summed E-state index contributed by atoms with van der Waals surface area (Å²) < 4.78 is 17.5. The zero-order chi connectivity index (χ0) is 35.5. The molecular formula is C41H54N4O5. The number of ether oxygens (including phenoxy) is 3. The zero-order valence-corrected chi connectivity index (χ0v) is 30.6. The molecule has 5 atom stereocenters. The number of aromatic amines is 2. The first kappa shape index (κ1) is 36.2. The van der Waals surface area contributed by atoms with Crippen LogP contribution in [0.3, 0.4) is 0 Å². The molecule has 4 N–H and O–H groups in total. The molecule has 3 aromatic rings. The van der Waals surface area contributed by atoms with Gasteiger partial charge in [-0.15, -0.1) is 0 Å². The van der Waals surface area contributed by atoms with Gasteiger partial charge in [-0.1, -0.05) is 26.5 Å². The van der Waals surface area contributed by atoms with Crippen molar-refractivity contribution < 1.29 is 24.4 Å². The maximum atomic E-state index is 10.00. The van der Waals surface area contributed by atoms with E-state index in [0.29, 0.717) is 32.7 Å². The predicted octanol–water partition coefficient (Wildman–Crippen LogP) is 8.17. The summed E-state index contributed by atoms with van der Waals surface area (Å²) >= 11 is 0. The summed E-state index contributed by atoms with van der Waals surface area (Å²) in [7, 11) is 0. The molecule has 0 aromatic carbocycles. The van der Waals surface area contributed by atoms with Gasteiger partial charge in [0.05, 0.1) is 36.8 Å². The van der Waals surface area contributed by atoms with E-state index in [4.69, 9.17) is 24.2 Å². The van der Waals surface area contributed by atoms with Crippen LogP contribution in [-0.2, 0) is 14.2 Å². The number of H-pyrrole nitrogens is 2. The average molecular weight is 683 g/mol. The van der Waals surface area contributed by atoms with E-state index in [1.54, 1.807) is 0 Å². The first-order valence-electron chi connectivity index (χ1n) is 18.3. The van der Waals surface area contributed by atoms with E-state index in [0.717, 1.165) is 81.7 Å². The summed E-state index contributed by atoms with van der Waals surface area (Å²) in [5.41, 5.74) is 15.5. The topological polar surface area (TPSA) is 126 Å². The van der Waals surface area contributed by atoms with Crippen LogP contribution in [0.1, 0.15) is 116 Å². The van der Waals surface area contributed by atoms with E-state index in [1.165, 1.54) is 22.3 Å². The Labute approximate surface area is 295 Å². The molecule has 0 radical (unpaired) electrons. The van der Waals surface area contributed by atoms with Crippen molar-refractivity contribution in [2.75, 3.05) is 26.4 Å². The molecule has 1 saturated heterocycles. The quantitative estimate of drug-likeness (QED) is 0.142. The Balaban J connectivity index is 1.25. The van der Waals surface area contributed by atoms with Crippen molar-refractivity contribution in [2.45, 2.75) is 110 Å². The average Bonchev–Trinajstić information content (AvgIpc) is 3.80. The van der Waals surface area contributed by atoms with Gasteiger partial charge in [-0.25, -0.2) is 4.98 Å². The highest BCUT2D eigenvalue weighted by atomic mass is 16.7. The van der Waals surface area contributed by atoms with Crippen LogP contribution in [0, 0.1) is 20.8 Å². The molecular weight excluding hydrogens is 628 g/mol. The first-order valence-corrected chi connectivity index (χ1v) is 18.3. The Hall–Kier alpha value is -3.60. The highest BCUT2D eigenvalue weighted by molar-refractivity contribution is 5.93. The summed E-state index contributed by atoms with van der Waals surface area (Å²) in [5, 5.41) is 19.4. The van der Waals surface area contributed by atoms with Crippen LogP contribution in [0.5, 0.6) is 0 Å². The fraction of sp³-hybridized carbons (Fsp3) is 0.512. The minimum atomic E-state index is -0.506. The van der Waals surface area contributed by atoms with Gasteiger partial charge in [-0.2, -0.15) is 0 Å². The Bertz CT molecular complexity index is 1910. The zero-order valence-electron chi connectivity index (χ0n) is 30.6. The van der Waals surface area contributed by atoms with Gasteiger partial charge >= 0.3 is 0 Å². The molecule has 9 heteroatoms. The molecule has 0 saturated carbocycles. The third kappa shape index (κ3) is 7.53. The van der Waals surface area contributed by atoms with E-state index in [-0.39, 0.29) is 24.5 Å². The van der Waals surface area contributed by atoms with Gasteiger partial charge in [0.1, 0.15) is 0 Å². The number of aryl methyl sites for hydroxylation is 3. The molecule has 3 aromatic heterocycles. The molecule has 9 nitrogen and oxygen atoms in total. The van der Waals surface area contributed by atoms with Crippen molar-refractivity contribution in [1.29, 1.82) is 0 Å². The lowest BCUT2D eigenvalue weighted by Crippen LogP contribution is -2.39. The third-order valence-electron chi connectivity index (χ3n) is 10.8. The second-order valence-electron chi connectivity index (χ2n) is 14.2. The minimum absolute atomic E-state index is 0.112. The van der Waals surface area contributed by atoms with E-state index in [2.05, 4.69) is 82.4 Å². The summed E-state index contributed by atoms with van der Waals surface area (Å²) in [6.07, 6.45) is 4.97. The number of aromatic nitrogens is 4. The van der Waals surface area contributed by atoms with Gasteiger partial charge in [0, 0.05) is 76.9 Å². The number of hydrogen-bond acceptors (Lipinski definition) is 7. The molecule has 3 aliphatic heterocycles. The molecule has 0 amide bonds. The SMILES string of the molecule is C=Cc1c(C)c2cc3nc(c(C)c4cc(C)c(cc5nc(cc1[nH]2)C(C)=C5CC)[nH]4)[C@@H](CCCOCCCO[C@H]1C[C@@H](O)C[C@@H](CO)O1)[C@@H]3C. The molecule has 6 heterocycles. The fourth-order valence-electron chi connectivity index (χ4n) is 7.73. The second-order valence-corrected chi connectivity index (χ2v) is 14.2. The van der Waals surface area contributed by atoms with Crippen molar-refractivity contribution in [3.05, 3.63) is 75.9 Å². The van der Waals surface area contributed by atoms with Crippen LogP contribution in [0.2, 0.25) is 0 Å². The molecule has 6 rings (SSSR count). The standard InChI is InChI=1S/C41H54N4O5/c1-8-30-25(5)36-21-39-31(9-2)24(4)35(43-39)20-37-26(6)32(41(45-37)27(7)34-16-23(3)33(42-34)19-38(30)44-36)12-10-13-48-14-11-15-49-40-18-28(47)17-29(22-46)50-40/h9,16,19-21,26,28-29,32,40,42-43,46-47H,2,8,10-15,17-18,22H2,1,3-7H3/t26-,28-,29-,32-,40+/m0/s1. The maximum absolute atomic E-state index is 10.00. The molecule has 50 heavy (non-hydrogen) atoms. The van der Waals surface area contributed by atoms with Crippen molar-refractivity contribution >= 4 is 39.3 Å². The van der Waals surface area contributed by atoms with Gasteiger partial charge in [-0.3, -0.25) is 4.98 Å². The lowest BCUT2D eigenvalue weighted by atomic mass is 9.86. The van der Waals surface area contributed by atoms with Crippen molar-refractivity contribution in [3.63, 3.8) is 0 Å². The maximum Gasteiger partial charge on any atom is 0.160 e. The number of nitrogens with zero attached hydrogens (tertiary/aromatic N) is 2. The summed E-state index contributed by atoms with van der Waals surface area (Å²) in [6, 6.07) is 8.83. The van der Waals surface area contributed by atoms with Gasteiger partial charge in [0.2, 0.25) is 0 Å². The largest absolute Gasteiger partial charge is 0.394 e. The number of aliphatic hydroxyl groups excluding tert-OH is 2. The van der Waals surface area contributed by atoms with E-state index >= 15 is 0 Å². The van der Waals surface area contributed by atoms with Gasteiger partial charge in [0.15, 0.2) is 6.29 Å². The number of allylic oxidation sites excluding steroid dienone is 2. The molecule has 0 spiro atoms. The monoisotopic (exact) mass is 682 g/mol. The van der Waals surface area contributed by atoms with Crippen LogP contribution in [-0.4, -0.2) is 75.1 Å².